The number of aryl methyl sites for hydroxylation is 1. The Morgan fingerprint density at radius 2 is 2.05 bits per heavy atom. The Morgan fingerprint density at radius 3 is 2.67 bits per heavy atom. The molecule has 0 saturated carbocycles. The Bertz CT molecular complexity index is 465. The van der Waals surface area contributed by atoms with Crippen LogP contribution in [0.3, 0.4) is 0 Å². The quantitative estimate of drug-likeness (QED) is 0.743. The molecule has 21 heavy (non-hydrogen) atoms. The third-order valence-corrected chi connectivity index (χ3v) is 2.93. The molecule has 0 fully saturated rings. The maximum atomic E-state index is 12.3. The number of urea groups is 1. The highest BCUT2D eigenvalue weighted by Crippen LogP contribution is 2.29. The third-order valence-electron chi connectivity index (χ3n) is 2.93. The van der Waals surface area contributed by atoms with Crippen molar-refractivity contribution in [3.8, 4) is 5.75 Å². The van der Waals surface area contributed by atoms with Crippen LogP contribution in [0, 0.1) is 12.8 Å². The van der Waals surface area contributed by atoms with Crippen LogP contribution < -0.4 is 15.4 Å². The summed E-state index contributed by atoms with van der Waals surface area (Å²) >= 11 is 0. The first-order chi connectivity index (χ1) is 9.90. The molecule has 0 bridgehead atoms. The molecule has 0 saturated heterocycles. The zero-order valence-electron chi connectivity index (χ0n) is 12.6. The van der Waals surface area contributed by atoms with E-state index in [-0.39, 0.29) is 11.4 Å². The minimum absolute atomic E-state index is 0.0395. The molecule has 6 heteroatoms. The molecule has 118 valence electrons. The predicted molar refractivity (Wildman–Crippen MR) is 78.9 cm³/mol. The van der Waals surface area contributed by atoms with Crippen LogP contribution in [-0.2, 0) is 0 Å². The van der Waals surface area contributed by atoms with Gasteiger partial charge in [0, 0.05) is 6.54 Å². The second-order valence-corrected chi connectivity index (χ2v) is 5.24. The van der Waals surface area contributed by atoms with Crippen LogP contribution in [-0.4, -0.2) is 19.2 Å². The average Bonchev–Trinajstić information content (AvgIpc) is 2.38. The van der Waals surface area contributed by atoms with Crippen molar-refractivity contribution in [2.45, 2.75) is 40.2 Å². The summed E-state index contributed by atoms with van der Waals surface area (Å²) in [5, 5.41) is 5.27. The summed E-state index contributed by atoms with van der Waals surface area (Å²) in [6.07, 6.45) is 1.89. The van der Waals surface area contributed by atoms with Gasteiger partial charge in [-0.1, -0.05) is 26.0 Å². The molecule has 0 aliphatic rings. The van der Waals surface area contributed by atoms with Crippen molar-refractivity contribution in [1.82, 2.24) is 5.32 Å². The summed E-state index contributed by atoms with van der Waals surface area (Å²) in [5.41, 5.74) is 0.921. The number of rotatable bonds is 7. The summed E-state index contributed by atoms with van der Waals surface area (Å²) in [6, 6.07) is 4.28. The lowest BCUT2D eigenvalue weighted by Crippen LogP contribution is -2.30. The van der Waals surface area contributed by atoms with Crippen LogP contribution in [0.1, 0.15) is 32.3 Å². The number of ether oxygens (including phenoxy) is 1. The zero-order valence-corrected chi connectivity index (χ0v) is 12.6. The van der Waals surface area contributed by atoms with Crippen molar-refractivity contribution in [3.05, 3.63) is 23.8 Å². The molecule has 0 radical (unpaired) electrons. The molecular weight excluding hydrogens is 278 g/mol. The molecule has 1 aromatic rings. The van der Waals surface area contributed by atoms with Crippen molar-refractivity contribution >= 4 is 11.7 Å². The molecule has 0 heterocycles. The number of carbonyl (C=O) groups is 1. The number of hydrogen-bond acceptors (Lipinski definition) is 2. The lowest BCUT2D eigenvalue weighted by molar-refractivity contribution is -0.0493. The predicted octanol–water partition coefficient (Wildman–Crippen LogP) is 4.15. The molecular formula is C15H22F2N2O2. The van der Waals surface area contributed by atoms with E-state index in [1.54, 1.807) is 19.1 Å². The first-order valence-electron chi connectivity index (χ1n) is 6.99. The van der Waals surface area contributed by atoms with E-state index in [4.69, 9.17) is 0 Å². The Labute approximate surface area is 123 Å². The lowest BCUT2D eigenvalue weighted by atomic mass is 10.1. The molecule has 0 atom stereocenters. The third kappa shape index (κ3) is 6.42. The van der Waals surface area contributed by atoms with Gasteiger partial charge in [-0.05, 0) is 37.3 Å². The molecule has 4 nitrogen and oxygen atoms in total. The minimum atomic E-state index is -2.93. The summed E-state index contributed by atoms with van der Waals surface area (Å²) < 4.78 is 29.1. The van der Waals surface area contributed by atoms with E-state index in [2.05, 4.69) is 29.2 Å². The van der Waals surface area contributed by atoms with Gasteiger partial charge in [0.25, 0.3) is 0 Å². The Kier molecular flexibility index (Phi) is 6.91. The van der Waals surface area contributed by atoms with Crippen LogP contribution in [0.5, 0.6) is 5.75 Å². The van der Waals surface area contributed by atoms with Crippen molar-refractivity contribution in [2.24, 2.45) is 5.92 Å². The van der Waals surface area contributed by atoms with Crippen LogP contribution in [0.25, 0.3) is 0 Å². The zero-order chi connectivity index (χ0) is 15.8. The fourth-order valence-corrected chi connectivity index (χ4v) is 1.87. The smallest absolute Gasteiger partial charge is 0.387 e. The Morgan fingerprint density at radius 1 is 1.33 bits per heavy atom. The van der Waals surface area contributed by atoms with E-state index in [0.29, 0.717) is 18.0 Å². The summed E-state index contributed by atoms with van der Waals surface area (Å²) in [5.74, 6) is 0.541. The van der Waals surface area contributed by atoms with Gasteiger partial charge in [-0.3, -0.25) is 0 Å². The van der Waals surface area contributed by atoms with E-state index in [0.717, 1.165) is 12.8 Å². The first kappa shape index (κ1) is 17.2. The molecule has 0 spiro atoms. The highest BCUT2D eigenvalue weighted by Gasteiger charge is 2.13. The highest BCUT2D eigenvalue weighted by molar-refractivity contribution is 5.91. The van der Waals surface area contributed by atoms with Gasteiger partial charge in [0.05, 0.1) is 5.69 Å². The fourth-order valence-electron chi connectivity index (χ4n) is 1.87. The van der Waals surface area contributed by atoms with Gasteiger partial charge in [-0.2, -0.15) is 8.78 Å². The molecule has 1 aromatic carbocycles. The molecule has 0 aliphatic carbocycles. The largest absolute Gasteiger partial charge is 0.433 e. The first-order valence-corrected chi connectivity index (χ1v) is 6.99. The topological polar surface area (TPSA) is 50.4 Å². The summed E-state index contributed by atoms with van der Waals surface area (Å²) in [4.78, 5) is 11.8. The Hall–Kier alpha value is -1.85. The number of hydrogen-bond donors (Lipinski definition) is 2. The van der Waals surface area contributed by atoms with Gasteiger partial charge in [0.15, 0.2) is 0 Å². The average molecular weight is 300 g/mol. The van der Waals surface area contributed by atoms with Crippen molar-refractivity contribution in [1.29, 1.82) is 0 Å². The fraction of sp³-hybridized carbons (Fsp3) is 0.533. The monoisotopic (exact) mass is 300 g/mol. The molecule has 0 aliphatic heterocycles. The number of alkyl halides is 2. The number of amides is 2. The van der Waals surface area contributed by atoms with Crippen molar-refractivity contribution in [3.63, 3.8) is 0 Å². The normalized spacial score (nSPS) is 10.8. The lowest BCUT2D eigenvalue weighted by Gasteiger charge is -2.15. The SMILES string of the molecule is Cc1cccc(OC(F)F)c1NC(=O)NCCCC(C)C. The van der Waals surface area contributed by atoms with Gasteiger partial charge >= 0.3 is 12.6 Å². The summed E-state index contributed by atoms with van der Waals surface area (Å²) in [6.45, 7) is 3.55. The number of halogens is 2. The van der Waals surface area contributed by atoms with Gasteiger partial charge in [0.1, 0.15) is 5.75 Å². The number of carbonyl (C=O) groups excluding carboxylic acids is 1. The van der Waals surface area contributed by atoms with Crippen molar-refractivity contribution in [2.75, 3.05) is 11.9 Å². The number of nitrogens with one attached hydrogen (secondary N) is 2. The molecule has 0 aromatic heterocycles. The minimum Gasteiger partial charge on any atom is -0.433 e. The molecule has 0 unspecified atom stereocenters. The molecule has 1 rings (SSSR count). The number of para-hydroxylation sites is 1. The summed E-state index contributed by atoms with van der Waals surface area (Å²) in [7, 11) is 0. The molecule has 2 N–H and O–H groups in total. The Balaban J connectivity index is 2.58. The van der Waals surface area contributed by atoms with E-state index < -0.39 is 12.6 Å². The van der Waals surface area contributed by atoms with Crippen LogP contribution in [0.15, 0.2) is 18.2 Å². The van der Waals surface area contributed by atoms with Gasteiger partial charge in [0.2, 0.25) is 0 Å². The van der Waals surface area contributed by atoms with Gasteiger partial charge in [-0.15, -0.1) is 0 Å². The number of benzene rings is 1. The van der Waals surface area contributed by atoms with Crippen LogP contribution in [0.4, 0.5) is 19.3 Å². The highest BCUT2D eigenvalue weighted by atomic mass is 19.3. The standard InChI is InChI=1S/C15H22F2N2O2/c1-10(2)6-5-9-18-15(20)19-13-11(3)7-4-8-12(13)21-14(16)17/h4,7-8,10,14H,5-6,9H2,1-3H3,(H2,18,19,20). The van der Waals surface area contributed by atoms with Gasteiger partial charge in [-0.25, -0.2) is 4.79 Å². The maximum absolute atomic E-state index is 12.3. The van der Waals surface area contributed by atoms with E-state index in [1.807, 2.05) is 0 Å². The van der Waals surface area contributed by atoms with E-state index in [1.165, 1.54) is 6.07 Å². The maximum Gasteiger partial charge on any atom is 0.387 e. The van der Waals surface area contributed by atoms with E-state index in [9.17, 15) is 13.6 Å². The van der Waals surface area contributed by atoms with Gasteiger partial charge < -0.3 is 15.4 Å². The molecule has 2 amide bonds. The number of anilines is 1. The second-order valence-electron chi connectivity index (χ2n) is 5.24. The van der Waals surface area contributed by atoms with Crippen LogP contribution in [0.2, 0.25) is 0 Å². The van der Waals surface area contributed by atoms with E-state index >= 15 is 0 Å². The van der Waals surface area contributed by atoms with Crippen molar-refractivity contribution < 1.29 is 18.3 Å². The second kappa shape index (κ2) is 8.44. The van der Waals surface area contributed by atoms with Crippen LogP contribution >= 0.6 is 0 Å².